The van der Waals surface area contributed by atoms with Crippen molar-refractivity contribution in [3.63, 3.8) is 0 Å². The Morgan fingerprint density at radius 3 is 2.16 bits per heavy atom. The molecule has 0 aliphatic rings. The average Bonchev–Trinajstić information content (AvgIpc) is 2.34. The maximum atomic E-state index is 11.9. The lowest BCUT2D eigenvalue weighted by Gasteiger charge is -2.16. The van der Waals surface area contributed by atoms with Gasteiger partial charge in [-0.1, -0.05) is 0 Å². The molecule has 0 aromatic rings. The van der Waals surface area contributed by atoms with E-state index >= 15 is 0 Å². The predicted molar refractivity (Wildman–Crippen MR) is 73.8 cm³/mol. The molecule has 9 heteroatoms. The van der Waals surface area contributed by atoms with Gasteiger partial charge in [0.15, 0.2) is 8.32 Å². The summed E-state index contributed by atoms with van der Waals surface area (Å²) in [4.78, 5) is 14.5. The lowest BCUT2D eigenvalue weighted by molar-refractivity contribution is -0.117. The minimum absolute atomic E-state index is 0.0561. The Labute approximate surface area is 114 Å². The molecule has 0 saturated heterocycles. The summed E-state index contributed by atoms with van der Waals surface area (Å²) in [7, 11) is -3.18. The summed E-state index contributed by atoms with van der Waals surface area (Å²) in [6.07, 6.45) is 0.510. The number of Topliss-reactive ketones (excluding diaryl/α,β-unsaturated/α-hetero) is 1. The molecule has 0 rings (SSSR count). The monoisotopic (exact) mass is 308 g/mol. The molecule has 0 bridgehead atoms. The van der Waals surface area contributed by atoms with Crippen LogP contribution < -0.4 is 0 Å². The Balaban J connectivity index is 4.49. The molecule has 0 aromatic carbocycles. The predicted octanol–water partition coefficient (Wildman–Crippen LogP) is 2.30. The van der Waals surface area contributed by atoms with Crippen molar-refractivity contribution in [2.24, 2.45) is 0 Å². The number of ketones is 1. The Bertz CT molecular complexity index is 407. The first-order chi connectivity index (χ1) is 8.70. The first-order valence-electron chi connectivity index (χ1n) is 5.81. The highest BCUT2D eigenvalue weighted by Crippen LogP contribution is 2.47. The van der Waals surface area contributed by atoms with Crippen LogP contribution in [0, 0.1) is 0 Å². The highest BCUT2D eigenvalue weighted by Gasteiger charge is 2.43. The van der Waals surface area contributed by atoms with Crippen LogP contribution in [0.4, 0.5) is 0 Å². The van der Waals surface area contributed by atoms with Gasteiger partial charge in [0.05, 0.1) is 0 Å². The van der Waals surface area contributed by atoms with Crippen molar-refractivity contribution in [3.8, 4) is 0 Å². The Morgan fingerprint density at radius 2 is 1.79 bits per heavy atom. The first-order valence-corrected chi connectivity index (χ1v) is 10.8. The second-order valence-electron chi connectivity index (χ2n) is 4.77. The Hall–Kier alpha value is -0.623. The summed E-state index contributed by atoms with van der Waals surface area (Å²) < 4.78 is 26.8. The van der Waals surface area contributed by atoms with Crippen LogP contribution in [0.5, 0.6) is 0 Å². The molecule has 0 aliphatic heterocycles. The van der Waals surface area contributed by atoms with E-state index in [1.165, 1.54) is 0 Å². The van der Waals surface area contributed by atoms with Crippen molar-refractivity contribution in [3.05, 3.63) is 5.53 Å². The van der Waals surface area contributed by atoms with Crippen LogP contribution in [-0.4, -0.2) is 45.2 Å². The molecule has 0 radical (unpaired) electrons. The van der Waals surface area contributed by atoms with Gasteiger partial charge in [0.1, 0.15) is 0 Å². The topological polar surface area (TPSA) is 98.2 Å². The van der Waals surface area contributed by atoms with E-state index < -0.39 is 27.1 Å². The summed E-state index contributed by atoms with van der Waals surface area (Å²) in [6.45, 7) is 6.56. The van der Waals surface area contributed by atoms with Gasteiger partial charge < -0.3 is 19.0 Å². The smallest absolute Gasteiger partial charge is 0.418 e. The molecule has 0 aromatic heterocycles. The van der Waals surface area contributed by atoms with Gasteiger partial charge in [-0.2, -0.15) is 4.79 Å². The lowest BCUT2D eigenvalue weighted by Crippen LogP contribution is -2.26. The maximum Gasteiger partial charge on any atom is 0.446 e. The largest absolute Gasteiger partial charge is 0.446 e. The van der Waals surface area contributed by atoms with Gasteiger partial charge in [-0.05, 0) is 26.1 Å². The molecule has 0 fully saturated rings. The number of hydrogen-bond acceptors (Lipinski definition) is 5. The van der Waals surface area contributed by atoms with Crippen LogP contribution in [-0.2, 0) is 22.8 Å². The fourth-order valence-corrected chi connectivity index (χ4v) is 3.01. The van der Waals surface area contributed by atoms with Crippen molar-refractivity contribution < 1.29 is 27.6 Å². The third kappa shape index (κ3) is 6.38. The number of rotatable bonds is 9. The molecular weight excluding hydrogens is 287 g/mol. The summed E-state index contributed by atoms with van der Waals surface area (Å²) >= 11 is 0. The average molecular weight is 308 g/mol. The molecular formula is C10H21N2O5PSi. The molecule has 0 heterocycles. The molecule has 0 aliphatic carbocycles. The second-order valence-corrected chi connectivity index (χ2v) is 11.4. The van der Waals surface area contributed by atoms with Crippen LogP contribution in [0.2, 0.25) is 19.6 Å². The van der Waals surface area contributed by atoms with Gasteiger partial charge in [0.25, 0.3) is 5.78 Å². The van der Waals surface area contributed by atoms with Crippen LogP contribution >= 0.6 is 7.60 Å². The summed E-state index contributed by atoms with van der Waals surface area (Å²) in [5, 5.41) is 0. The van der Waals surface area contributed by atoms with E-state index in [1.807, 2.05) is 19.6 Å². The third-order valence-corrected chi connectivity index (χ3v) is 5.06. The highest BCUT2D eigenvalue weighted by atomic mass is 31.2. The zero-order chi connectivity index (χ0) is 15.1. The molecule has 0 spiro atoms. The fourth-order valence-electron chi connectivity index (χ4n) is 1.23. The minimum atomic E-state index is -3.81. The van der Waals surface area contributed by atoms with Gasteiger partial charge >= 0.3 is 13.0 Å². The first kappa shape index (κ1) is 18.4. The summed E-state index contributed by atoms with van der Waals surface area (Å²) in [5.41, 5.74) is 8.21. The SMILES string of the molecule is COP(=O)(OC)C(=[N+]=[N-])C(=O)CCCO[Si](C)(C)C. The summed E-state index contributed by atoms with van der Waals surface area (Å²) in [5.74, 6) is -0.575. The molecule has 0 atom stereocenters. The van der Waals surface area contributed by atoms with E-state index in [2.05, 4.69) is 13.8 Å². The third-order valence-electron chi connectivity index (χ3n) is 2.17. The van der Waals surface area contributed by atoms with Crippen molar-refractivity contribution in [1.82, 2.24) is 0 Å². The molecule has 110 valence electrons. The highest BCUT2D eigenvalue weighted by molar-refractivity contribution is 7.74. The number of nitrogens with zero attached hydrogens (tertiary/aromatic N) is 2. The van der Waals surface area contributed by atoms with E-state index in [0.29, 0.717) is 13.0 Å². The van der Waals surface area contributed by atoms with Crippen molar-refractivity contribution in [1.29, 1.82) is 0 Å². The number of carbonyl (C=O) groups excluding carboxylic acids is 1. The molecule has 19 heavy (non-hydrogen) atoms. The van der Waals surface area contributed by atoms with E-state index in [0.717, 1.165) is 14.2 Å². The lowest BCUT2D eigenvalue weighted by atomic mass is 10.2. The van der Waals surface area contributed by atoms with Crippen LogP contribution in [0.15, 0.2) is 0 Å². The quantitative estimate of drug-likeness (QED) is 0.162. The molecule has 0 N–H and O–H groups in total. The molecule has 7 nitrogen and oxygen atoms in total. The zero-order valence-corrected chi connectivity index (χ0v) is 13.9. The Kier molecular flexibility index (Phi) is 7.59. The van der Waals surface area contributed by atoms with Crippen LogP contribution in [0.1, 0.15) is 12.8 Å². The van der Waals surface area contributed by atoms with E-state index in [1.54, 1.807) is 0 Å². The fraction of sp³-hybridized carbons (Fsp3) is 0.800. The van der Waals surface area contributed by atoms with Gasteiger partial charge in [-0.3, -0.25) is 4.79 Å². The minimum Gasteiger partial charge on any atom is -0.418 e. The zero-order valence-electron chi connectivity index (χ0n) is 12.0. The van der Waals surface area contributed by atoms with E-state index in [4.69, 9.17) is 9.96 Å². The van der Waals surface area contributed by atoms with Crippen LogP contribution in [0.25, 0.3) is 5.53 Å². The van der Waals surface area contributed by atoms with Gasteiger partial charge in [0.2, 0.25) is 0 Å². The van der Waals surface area contributed by atoms with E-state index in [-0.39, 0.29) is 6.42 Å². The maximum absolute atomic E-state index is 11.9. The van der Waals surface area contributed by atoms with Gasteiger partial charge in [0, 0.05) is 27.2 Å². The summed E-state index contributed by atoms with van der Waals surface area (Å²) in [6, 6.07) is 0. The van der Waals surface area contributed by atoms with Crippen LogP contribution in [0.3, 0.4) is 0 Å². The van der Waals surface area contributed by atoms with E-state index in [9.17, 15) is 9.36 Å². The number of hydrogen-bond donors (Lipinski definition) is 0. The molecule has 0 unspecified atom stereocenters. The number of carbonyl (C=O) groups is 1. The van der Waals surface area contributed by atoms with Gasteiger partial charge in [-0.15, -0.1) is 0 Å². The van der Waals surface area contributed by atoms with Crippen molar-refractivity contribution in [2.45, 2.75) is 32.5 Å². The Morgan fingerprint density at radius 1 is 1.26 bits per heavy atom. The van der Waals surface area contributed by atoms with Crippen molar-refractivity contribution >= 4 is 27.1 Å². The molecule has 0 saturated carbocycles. The van der Waals surface area contributed by atoms with Gasteiger partial charge in [-0.25, -0.2) is 4.57 Å². The second kappa shape index (κ2) is 7.84. The standard InChI is InChI=1S/C10H21N2O5PSi/c1-15-18(14,16-2)10(12-11)9(13)7-6-8-17-19(3,4)5/h6-8H2,1-5H3. The molecule has 0 amide bonds. The van der Waals surface area contributed by atoms with Crippen molar-refractivity contribution in [2.75, 3.05) is 20.8 Å². The normalized spacial score (nSPS) is 12.1.